The Balaban J connectivity index is 2.47. The number of amides is 2. The Kier molecular flexibility index (Phi) is 5.32. The van der Waals surface area contributed by atoms with Gasteiger partial charge in [-0.2, -0.15) is 0 Å². The highest BCUT2D eigenvalue weighted by atomic mass is 16.4. The van der Waals surface area contributed by atoms with Gasteiger partial charge < -0.3 is 15.3 Å². The summed E-state index contributed by atoms with van der Waals surface area (Å²) in [6, 6.07) is -0.417. The van der Waals surface area contributed by atoms with Gasteiger partial charge in [-0.3, -0.25) is 14.4 Å². The molecule has 0 radical (unpaired) electrons. The molecule has 2 amide bonds. The summed E-state index contributed by atoms with van der Waals surface area (Å²) in [7, 11) is 0. The van der Waals surface area contributed by atoms with E-state index in [1.807, 2.05) is 13.8 Å². The zero-order valence-corrected chi connectivity index (χ0v) is 11.7. The molecule has 0 bridgehead atoms. The first-order valence-corrected chi connectivity index (χ1v) is 6.59. The van der Waals surface area contributed by atoms with Crippen LogP contribution in [0.5, 0.6) is 0 Å². The number of carboxylic acid groups (broad SMARTS) is 1. The zero-order valence-electron chi connectivity index (χ0n) is 11.7. The number of aliphatic carboxylic acids is 1. The van der Waals surface area contributed by atoms with Crippen molar-refractivity contribution >= 4 is 17.8 Å². The van der Waals surface area contributed by atoms with E-state index in [0.717, 1.165) is 0 Å². The molecule has 0 aromatic heterocycles. The number of carbonyl (C=O) groups excluding carboxylic acids is 2. The summed E-state index contributed by atoms with van der Waals surface area (Å²) in [4.78, 5) is 35.9. The van der Waals surface area contributed by atoms with E-state index in [4.69, 9.17) is 5.11 Å². The van der Waals surface area contributed by atoms with Gasteiger partial charge in [0.15, 0.2) is 0 Å². The van der Waals surface area contributed by atoms with E-state index < -0.39 is 12.0 Å². The highest BCUT2D eigenvalue weighted by Crippen LogP contribution is 2.19. The normalized spacial score (nSPS) is 20.7. The number of hydrogen-bond acceptors (Lipinski definition) is 3. The summed E-state index contributed by atoms with van der Waals surface area (Å²) in [5.74, 6) is -1.16. The van der Waals surface area contributed by atoms with Crippen LogP contribution in [-0.2, 0) is 14.4 Å². The molecule has 108 valence electrons. The summed E-state index contributed by atoms with van der Waals surface area (Å²) in [5, 5.41) is 11.3. The third-order valence-corrected chi connectivity index (χ3v) is 3.04. The average molecular weight is 270 g/mol. The topological polar surface area (TPSA) is 86.7 Å². The molecule has 0 aromatic rings. The van der Waals surface area contributed by atoms with Gasteiger partial charge in [0.05, 0.1) is 12.3 Å². The smallest absolute Gasteiger partial charge is 0.305 e. The van der Waals surface area contributed by atoms with Gasteiger partial charge in [-0.15, -0.1) is 0 Å². The number of nitrogens with one attached hydrogen (secondary N) is 1. The average Bonchev–Trinajstić information content (AvgIpc) is 2.58. The van der Waals surface area contributed by atoms with E-state index in [1.54, 1.807) is 11.8 Å². The Morgan fingerprint density at radius 2 is 2.05 bits per heavy atom. The molecule has 0 aliphatic carbocycles. The summed E-state index contributed by atoms with van der Waals surface area (Å²) >= 11 is 0. The molecular weight excluding hydrogens is 248 g/mol. The van der Waals surface area contributed by atoms with E-state index >= 15 is 0 Å². The molecule has 1 aliphatic rings. The van der Waals surface area contributed by atoms with Crippen LogP contribution in [0.4, 0.5) is 0 Å². The lowest BCUT2D eigenvalue weighted by molar-refractivity contribution is -0.137. The van der Waals surface area contributed by atoms with Crippen LogP contribution in [0.25, 0.3) is 0 Å². The molecule has 2 atom stereocenters. The van der Waals surface area contributed by atoms with Gasteiger partial charge in [-0.1, -0.05) is 13.8 Å². The molecule has 6 nitrogen and oxygen atoms in total. The molecular formula is C13H22N2O4. The highest BCUT2D eigenvalue weighted by Gasteiger charge is 2.34. The van der Waals surface area contributed by atoms with Gasteiger partial charge in [-0.25, -0.2) is 0 Å². The number of rotatable bonds is 6. The van der Waals surface area contributed by atoms with Crippen LogP contribution in [0.3, 0.4) is 0 Å². The van der Waals surface area contributed by atoms with E-state index in [-0.39, 0.29) is 30.6 Å². The van der Waals surface area contributed by atoms with Gasteiger partial charge in [0, 0.05) is 25.6 Å². The van der Waals surface area contributed by atoms with Gasteiger partial charge >= 0.3 is 5.97 Å². The van der Waals surface area contributed by atoms with Crippen molar-refractivity contribution in [1.82, 2.24) is 10.2 Å². The second-order valence-electron chi connectivity index (χ2n) is 5.60. The molecule has 1 fully saturated rings. The predicted octanol–water partition coefficient (Wildman–Crippen LogP) is 0.470. The molecule has 1 aliphatic heterocycles. The van der Waals surface area contributed by atoms with Gasteiger partial charge in [-0.05, 0) is 12.8 Å². The maximum absolute atomic E-state index is 11.9. The van der Waals surface area contributed by atoms with Gasteiger partial charge in [0.2, 0.25) is 11.8 Å². The van der Waals surface area contributed by atoms with E-state index in [9.17, 15) is 14.4 Å². The largest absolute Gasteiger partial charge is 0.481 e. The fourth-order valence-corrected chi connectivity index (χ4v) is 2.24. The fraction of sp³-hybridized carbons (Fsp3) is 0.769. The minimum absolute atomic E-state index is 0.000243. The molecule has 19 heavy (non-hydrogen) atoms. The highest BCUT2D eigenvalue weighted by molar-refractivity contribution is 5.89. The van der Waals surface area contributed by atoms with E-state index in [1.165, 1.54) is 0 Å². The second kappa shape index (κ2) is 6.54. The lowest BCUT2D eigenvalue weighted by Crippen LogP contribution is -2.39. The van der Waals surface area contributed by atoms with Crippen molar-refractivity contribution < 1.29 is 19.5 Å². The van der Waals surface area contributed by atoms with Crippen molar-refractivity contribution in [1.29, 1.82) is 0 Å². The maximum atomic E-state index is 11.9. The van der Waals surface area contributed by atoms with Crippen LogP contribution >= 0.6 is 0 Å². The quantitative estimate of drug-likeness (QED) is 0.734. The molecule has 2 unspecified atom stereocenters. The van der Waals surface area contributed by atoms with Crippen molar-refractivity contribution in [2.24, 2.45) is 11.8 Å². The molecule has 6 heteroatoms. The lowest BCUT2D eigenvalue weighted by atomic mass is 10.1. The number of carboxylic acids is 1. The number of nitrogens with zero attached hydrogens (tertiary/aromatic N) is 1. The molecule has 1 heterocycles. The third-order valence-electron chi connectivity index (χ3n) is 3.04. The number of likely N-dealkylation sites (tertiary alicyclic amines) is 1. The Hall–Kier alpha value is -1.59. The van der Waals surface area contributed by atoms with Crippen molar-refractivity contribution in [3.63, 3.8) is 0 Å². The molecule has 1 saturated heterocycles. The van der Waals surface area contributed by atoms with E-state index in [2.05, 4.69) is 5.32 Å². The van der Waals surface area contributed by atoms with Crippen LogP contribution in [-0.4, -0.2) is 46.9 Å². The predicted molar refractivity (Wildman–Crippen MR) is 69.4 cm³/mol. The number of carbonyl (C=O) groups is 3. The zero-order chi connectivity index (χ0) is 14.6. The molecule has 2 N–H and O–H groups in total. The van der Waals surface area contributed by atoms with Crippen LogP contribution in [0.2, 0.25) is 0 Å². The number of hydrogen-bond donors (Lipinski definition) is 2. The fourth-order valence-electron chi connectivity index (χ4n) is 2.24. The van der Waals surface area contributed by atoms with Crippen LogP contribution in [0.1, 0.15) is 33.6 Å². The minimum atomic E-state index is -0.947. The SMILES string of the molecule is CC(C)CN1CC(C(=O)NC(C)CC(=O)O)CC1=O. The summed E-state index contributed by atoms with van der Waals surface area (Å²) in [5.41, 5.74) is 0. The molecule has 0 spiro atoms. The van der Waals surface area contributed by atoms with Crippen LogP contribution in [0.15, 0.2) is 0 Å². The maximum Gasteiger partial charge on any atom is 0.305 e. The van der Waals surface area contributed by atoms with Crippen molar-refractivity contribution in [2.75, 3.05) is 13.1 Å². The minimum Gasteiger partial charge on any atom is -0.481 e. The summed E-state index contributed by atoms with van der Waals surface area (Å²) in [6.07, 6.45) is 0.112. The standard InChI is InChI=1S/C13H22N2O4/c1-8(2)6-15-7-10(5-11(15)16)13(19)14-9(3)4-12(17)18/h8-10H,4-7H2,1-3H3,(H,14,19)(H,17,18). The first-order valence-electron chi connectivity index (χ1n) is 6.59. The molecule has 0 aromatic carbocycles. The Bertz CT molecular complexity index is 368. The Labute approximate surface area is 113 Å². The molecule has 1 rings (SSSR count). The van der Waals surface area contributed by atoms with Crippen LogP contribution in [0, 0.1) is 11.8 Å². The first-order chi connectivity index (χ1) is 8.79. The molecule has 0 saturated carbocycles. The Morgan fingerprint density at radius 3 is 2.58 bits per heavy atom. The van der Waals surface area contributed by atoms with Crippen molar-refractivity contribution in [3.05, 3.63) is 0 Å². The first kappa shape index (κ1) is 15.5. The summed E-state index contributed by atoms with van der Waals surface area (Å²) < 4.78 is 0. The van der Waals surface area contributed by atoms with E-state index in [0.29, 0.717) is 19.0 Å². The third kappa shape index (κ3) is 4.89. The lowest BCUT2D eigenvalue weighted by Gasteiger charge is -2.19. The van der Waals surface area contributed by atoms with Gasteiger partial charge in [0.1, 0.15) is 0 Å². The summed E-state index contributed by atoms with van der Waals surface area (Å²) in [6.45, 7) is 6.79. The monoisotopic (exact) mass is 270 g/mol. The van der Waals surface area contributed by atoms with Crippen LogP contribution < -0.4 is 5.32 Å². The van der Waals surface area contributed by atoms with Crippen molar-refractivity contribution in [2.45, 2.75) is 39.7 Å². The Morgan fingerprint density at radius 1 is 1.42 bits per heavy atom. The van der Waals surface area contributed by atoms with Crippen molar-refractivity contribution in [3.8, 4) is 0 Å². The van der Waals surface area contributed by atoms with Gasteiger partial charge in [0.25, 0.3) is 0 Å². The second-order valence-corrected chi connectivity index (χ2v) is 5.60.